The minimum atomic E-state index is 0. The molecular formula is CHO2Ta-. The van der Waals surface area contributed by atoms with E-state index in [1.54, 1.807) is 0 Å². The molecule has 2 nitrogen and oxygen atoms in total. The van der Waals surface area contributed by atoms with Crippen LogP contribution >= 0.6 is 0 Å². The van der Waals surface area contributed by atoms with Gasteiger partial charge in [-0.25, -0.2) is 0 Å². The minimum absolute atomic E-state index is 0. The Bertz CT molecular complexity index is 13.5. The first-order valence-corrected chi connectivity index (χ1v) is 0.428. The first kappa shape index (κ1) is 8.88. The maximum Gasteiger partial charge on any atom is 0 e. The Morgan fingerprint density at radius 1 is 1.75 bits per heavy atom. The molecule has 0 aliphatic rings. The molecule has 0 aromatic heterocycles. The summed E-state index contributed by atoms with van der Waals surface area (Å²) in [5.74, 6) is 0. The van der Waals surface area contributed by atoms with Crippen LogP contribution in [-0.4, -0.2) is 11.6 Å². The van der Waals surface area contributed by atoms with Gasteiger partial charge in [-0.1, -0.05) is 6.47 Å². The predicted molar refractivity (Wildman–Crippen MR) is 8.32 cm³/mol. The summed E-state index contributed by atoms with van der Waals surface area (Å²) < 4.78 is 0. The van der Waals surface area contributed by atoms with E-state index >= 15 is 0 Å². The third-order valence-electron chi connectivity index (χ3n) is 0. The van der Waals surface area contributed by atoms with Gasteiger partial charge in [0.1, 0.15) is 0 Å². The van der Waals surface area contributed by atoms with Crippen LogP contribution in [0.15, 0.2) is 0 Å². The Hall–Kier alpha value is 0.210. The van der Waals surface area contributed by atoms with E-state index in [1.165, 1.54) is 0 Å². The molecule has 0 aliphatic heterocycles. The molecule has 0 bridgehead atoms. The first-order chi connectivity index (χ1) is 1.41. The zero-order valence-electron chi connectivity index (χ0n) is 1.80. The molecule has 0 atom stereocenters. The molecule has 1 radical (unpaired) electrons. The molecule has 0 aliphatic carbocycles. The summed E-state index contributed by atoms with van der Waals surface area (Å²) in [6.07, 6.45) is 0. The predicted octanol–water partition coefficient (Wildman–Crippen LogP) is -0.391. The van der Waals surface area contributed by atoms with Gasteiger partial charge in [0.25, 0.3) is 0 Å². The van der Waals surface area contributed by atoms with Gasteiger partial charge in [0.05, 0.1) is 0 Å². The fraction of sp³-hybridized carbons (Fsp3) is 0. The summed E-state index contributed by atoms with van der Waals surface area (Å²) in [4.78, 5) is 8.24. The minimum Gasteiger partial charge on any atom is -0.665 e. The topological polar surface area (TPSA) is 37.3 Å². The van der Waals surface area contributed by atoms with E-state index in [-0.39, 0.29) is 22.4 Å². The number of aliphatic hydroxyl groups excluding tert-OH is 1. The van der Waals surface area contributed by atoms with Crippen molar-refractivity contribution in [2.45, 2.75) is 0 Å². The number of rotatable bonds is 0. The summed E-state index contributed by atoms with van der Waals surface area (Å²) in [6.45, 7) is 0.500. The maximum absolute atomic E-state index is 8.24. The summed E-state index contributed by atoms with van der Waals surface area (Å²) in [5.41, 5.74) is 0. The average Bonchev–Trinajstić information content (AvgIpc) is 0.918. The Balaban J connectivity index is 0. The van der Waals surface area contributed by atoms with E-state index in [1.807, 2.05) is 0 Å². The van der Waals surface area contributed by atoms with Gasteiger partial charge in [-0.2, -0.15) is 0 Å². The summed E-state index contributed by atoms with van der Waals surface area (Å²) in [6, 6.07) is 0. The second-order valence-corrected chi connectivity index (χ2v) is 0.0913. The van der Waals surface area contributed by atoms with E-state index < -0.39 is 0 Å². The fourth-order valence-electron chi connectivity index (χ4n) is 0. The summed E-state index contributed by atoms with van der Waals surface area (Å²) in [5, 5.41) is 6.76. The van der Waals surface area contributed by atoms with Crippen molar-refractivity contribution in [3.8, 4) is 0 Å². The normalized spacial score (nSPS) is 3.00. The van der Waals surface area contributed by atoms with E-state index in [4.69, 9.17) is 9.90 Å². The van der Waals surface area contributed by atoms with Crippen LogP contribution < -0.4 is 0 Å². The van der Waals surface area contributed by atoms with Crippen LogP contribution in [0.2, 0.25) is 0 Å². The van der Waals surface area contributed by atoms with Gasteiger partial charge in [-0.3, -0.25) is 0 Å². The van der Waals surface area contributed by atoms with Crippen molar-refractivity contribution in [3.63, 3.8) is 0 Å². The molecule has 4 heavy (non-hydrogen) atoms. The van der Waals surface area contributed by atoms with Crippen molar-refractivity contribution in [1.82, 2.24) is 0 Å². The summed E-state index contributed by atoms with van der Waals surface area (Å²) in [7, 11) is 0. The molecule has 3 heteroatoms. The van der Waals surface area contributed by atoms with E-state index in [9.17, 15) is 0 Å². The summed E-state index contributed by atoms with van der Waals surface area (Å²) >= 11 is 0. The van der Waals surface area contributed by atoms with Gasteiger partial charge in [0.15, 0.2) is 0 Å². The average molecular weight is 226 g/mol. The van der Waals surface area contributed by atoms with Crippen LogP contribution in [0.3, 0.4) is 0 Å². The van der Waals surface area contributed by atoms with Crippen molar-refractivity contribution in [1.29, 1.82) is 0 Å². The molecule has 0 heterocycles. The van der Waals surface area contributed by atoms with Crippen LogP contribution in [0.4, 0.5) is 0 Å². The van der Waals surface area contributed by atoms with Crippen LogP contribution in [0.5, 0.6) is 0 Å². The molecule has 0 rings (SSSR count). The molecule has 0 fully saturated rings. The molecule has 1 N–H and O–H groups in total. The van der Waals surface area contributed by atoms with Gasteiger partial charge in [-0.15, -0.1) is 0 Å². The van der Waals surface area contributed by atoms with Crippen LogP contribution in [-0.2, 0) is 27.2 Å². The molecule has 0 saturated heterocycles. The largest absolute Gasteiger partial charge is 0.665 e. The smallest absolute Gasteiger partial charge is 0 e. The molecule has 0 aromatic carbocycles. The fourth-order valence-corrected chi connectivity index (χ4v) is 0. The van der Waals surface area contributed by atoms with Gasteiger partial charge < -0.3 is 9.90 Å². The van der Waals surface area contributed by atoms with E-state index in [0.717, 1.165) is 0 Å². The van der Waals surface area contributed by atoms with Crippen molar-refractivity contribution < 1.29 is 32.3 Å². The van der Waals surface area contributed by atoms with Crippen molar-refractivity contribution in [3.05, 3.63) is 0 Å². The molecule has 0 aromatic rings. The Morgan fingerprint density at radius 2 is 1.75 bits per heavy atom. The molecule has 0 saturated carbocycles. The Kier molecular flexibility index (Phi) is 23.8. The zero-order chi connectivity index (χ0) is 2.71. The van der Waals surface area contributed by atoms with Crippen LogP contribution in [0, 0.1) is 0 Å². The third kappa shape index (κ3) is 73.2. The van der Waals surface area contributed by atoms with Gasteiger partial charge in [0.2, 0.25) is 0 Å². The Morgan fingerprint density at radius 3 is 1.75 bits per heavy atom. The molecule has 0 spiro atoms. The molecule has 0 unspecified atom stereocenters. The van der Waals surface area contributed by atoms with E-state index in [0.29, 0.717) is 6.47 Å². The monoisotopic (exact) mass is 226 g/mol. The van der Waals surface area contributed by atoms with Crippen molar-refractivity contribution >= 4 is 6.47 Å². The molecule has 0 amide bonds. The zero-order valence-corrected chi connectivity index (χ0v) is 5.02. The molecular weight excluding hydrogens is 225 g/mol. The van der Waals surface area contributed by atoms with Gasteiger partial charge >= 0.3 is 0 Å². The second-order valence-electron chi connectivity index (χ2n) is 0.0913. The quantitative estimate of drug-likeness (QED) is 0.571. The van der Waals surface area contributed by atoms with Crippen molar-refractivity contribution in [2.75, 3.05) is 0 Å². The molecule has 23 valence electrons. The number of hydrogen-bond acceptors (Lipinski definition) is 1. The number of hydrogen-bond donors (Lipinski definition) is 1. The first-order valence-electron chi connectivity index (χ1n) is 0.428. The Labute approximate surface area is 39.3 Å². The van der Waals surface area contributed by atoms with Crippen LogP contribution in [0.1, 0.15) is 0 Å². The second kappa shape index (κ2) is 10.7. The third-order valence-corrected chi connectivity index (χ3v) is 0. The van der Waals surface area contributed by atoms with Crippen LogP contribution in [0.25, 0.3) is 0 Å². The standard InChI is InChI=1S/CHO2.Ta/c2-1-3;/h(H,2,3);/q-1;. The van der Waals surface area contributed by atoms with Gasteiger partial charge in [-0.05, 0) is 0 Å². The maximum atomic E-state index is 8.24. The van der Waals surface area contributed by atoms with Gasteiger partial charge in [0, 0.05) is 22.4 Å². The SMILES string of the molecule is O=[C-]O.[Ta]. The van der Waals surface area contributed by atoms with E-state index in [2.05, 4.69) is 0 Å². The van der Waals surface area contributed by atoms with Crippen molar-refractivity contribution in [2.24, 2.45) is 0 Å².